The van der Waals surface area contributed by atoms with Crippen LogP contribution in [0, 0.1) is 5.92 Å². The van der Waals surface area contributed by atoms with Gasteiger partial charge in [-0.05, 0) is 46.5 Å². The van der Waals surface area contributed by atoms with E-state index >= 15 is 0 Å². The molecule has 5 nitrogen and oxygen atoms in total. The fourth-order valence-electron chi connectivity index (χ4n) is 5.76. The van der Waals surface area contributed by atoms with E-state index in [1.54, 1.807) is 12.1 Å². The Kier molecular flexibility index (Phi) is 7.84. The number of piperidine rings is 3. The summed E-state index contributed by atoms with van der Waals surface area (Å²) in [4.78, 5) is 13.4. The molecule has 0 amide bonds. The number of carbonyl (C=O) groups is 1. The van der Waals surface area contributed by atoms with E-state index in [9.17, 15) is 15.0 Å². The number of para-hydroxylation sites is 1. The largest absolute Gasteiger partial charge is 1.00 e. The lowest BCUT2D eigenvalue weighted by molar-refractivity contribution is -0.944. The summed E-state index contributed by atoms with van der Waals surface area (Å²) in [6.45, 7) is 5.16. The van der Waals surface area contributed by atoms with Crippen molar-refractivity contribution in [3.63, 3.8) is 0 Å². The van der Waals surface area contributed by atoms with E-state index in [0.717, 1.165) is 48.1 Å². The van der Waals surface area contributed by atoms with Gasteiger partial charge >= 0.3 is 5.97 Å². The van der Waals surface area contributed by atoms with Crippen molar-refractivity contribution in [2.75, 3.05) is 32.8 Å². The highest BCUT2D eigenvalue weighted by molar-refractivity contribution is 7.12. The molecule has 1 unspecified atom stereocenters. The highest BCUT2D eigenvalue weighted by atomic mass is 79.9. The van der Waals surface area contributed by atoms with Gasteiger partial charge in [-0.3, -0.25) is 0 Å². The fraction of sp³-hybridized carbons (Fsp3) is 0.423. The topological polar surface area (TPSA) is 66.8 Å². The molecule has 3 fully saturated rings. The first kappa shape index (κ1) is 25.4. The number of nitrogens with zero attached hydrogens (tertiary/aromatic N) is 1. The second-order valence-electron chi connectivity index (χ2n) is 9.35. The smallest absolute Gasteiger partial charge is 0.347 e. The second kappa shape index (κ2) is 10.5. The molecule has 2 atom stereocenters. The Balaban J connectivity index is 0.00000274. The van der Waals surface area contributed by atoms with Crippen LogP contribution in [-0.2, 0) is 10.4 Å². The quantitative estimate of drug-likeness (QED) is 0.308. The van der Waals surface area contributed by atoms with Crippen molar-refractivity contribution in [1.82, 2.24) is 0 Å². The van der Waals surface area contributed by atoms with E-state index in [2.05, 4.69) is 6.07 Å². The average molecular weight is 565 g/mol. The number of hydrogen-bond acceptors (Lipinski definition) is 5. The summed E-state index contributed by atoms with van der Waals surface area (Å²) in [6.07, 6.45) is 3.31. The van der Waals surface area contributed by atoms with Crippen molar-refractivity contribution >= 4 is 28.6 Å². The Labute approximate surface area is 219 Å². The van der Waals surface area contributed by atoms with Gasteiger partial charge in [0.15, 0.2) is 0 Å². The predicted octanol–water partition coefficient (Wildman–Crippen LogP) is 1.93. The molecule has 182 valence electrons. The number of ether oxygens (including phenoxy) is 1. The lowest BCUT2D eigenvalue weighted by atomic mass is 9.72. The summed E-state index contributed by atoms with van der Waals surface area (Å²) >= 11 is 2.67. The Hall–Kier alpha value is -1.71. The minimum absolute atomic E-state index is 0. The van der Waals surface area contributed by atoms with Crippen molar-refractivity contribution in [2.24, 2.45) is 5.92 Å². The Bertz CT molecular complexity index is 1080. The number of carboxylic acids is 1. The fourth-order valence-corrected chi connectivity index (χ4v) is 7.72. The van der Waals surface area contributed by atoms with E-state index in [1.165, 1.54) is 35.8 Å². The maximum absolute atomic E-state index is 12.3. The van der Waals surface area contributed by atoms with Crippen molar-refractivity contribution in [2.45, 2.75) is 30.8 Å². The number of rotatable bonds is 9. The lowest BCUT2D eigenvalue weighted by Crippen LogP contribution is -3.00. The lowest BCUT2D eigenvalue weighted by Gasteiger charge is -2.53. The van der Waals surface area contributed by atoms with Crippen LogP contribution in [0.5, 0.6) is 5.75 Å². The number of quaternary nitrogens is 1. The second-order valence-corrected chi connectivity index (χ2v) is 11.2. The monoisotopic (exact) mass is 563 g/mol. The number of halogens is 1. The third kappa shape index (κ3) is 4.71. The van der Waals surface area contributed by atoms with Gasteiger partial charge in [0.1, 0.15) is 5.75 Å². The summed E-state index contributed by atoms with van der Waals surface area (Å²) in [5.74, 6) is 0.559. The van der Waals surface area contributed by atoms with Gasteiger partial charge in [-0.1, -0.05) is 24.3 Å². The molecule has 2 N–H and O–H groups in total. The zero-order chi connectivity index (χ0) is 22.9. The molecule has 0 saturated carbocycles. The zero-order valence-corrected chi connectivity index (χ0v) is 22.2. The van der Waals surface area contributed by atoms with Crippen LogP contribution >= 0.6 is 22.7 Å². The molecular formula is C26H30BrNO4S2. The summed E-state index contributed by atoms with van der Waals surface area (Å²) in [6, 6.07) is 15.5. The van der Waals surface area contributed by atoms with Crippen molar-refractivity contribution in [3.8, 4) is 5.75 Å². The molecular weight excluding hydrogens is 534 g/mol. The molecule has 0 aliphatic carbocycles. The highest BCUT2D eigenvalue weighted by Gasteiger charge is 2.50. The normalized spacial score (nSPS) is 25.3. The van der Waals surface area contributed by atoms with E-state index in [-0.39, 0.29) is 22.9 Å². The van der Waals surface area contributed by atoms with E-state index in [0.29, 0.717) is 22.3 Å². The number of aliphatic hydroxyl groups is 1. The summed E-state index contributed by atoms with van der Waals surface area (Å²) < 4.78 is 6.99. The van der Waals surface area contributed by atoms with Gasteiger partial charge < -0.3 is 36.4 Å². The van der Waals surface area contributed by atoms with Gasteiger partial charge in [-0.2, -0.15) is 0 Å². The molecule has 3 aromatic rings. The Morgan fingerprint density at radius 3 is 2.50 bits per heavy atom. The maximum atomic E-state index is 12.3. The molecule has 8 heteroatoms. The minimum Gasteiger partial charge on any atom is -1.00 e. The number of benzene rings is 1. The SMILES string of the molecule is O=C(O)C(O)(c1cccs1)c1sccc1[C@@H]1C[N+]2(CCCOc3ccccc3)CCC1CC2.[Br-]. The first-order valence-electron chi connectivity index (χ1n) is 11.6. The molecule has 0 spiro atoms. The van der Waals surface area contributed by atoms with Crippen molar-refractivity contribution in [1.29, 1.82) is 0 Å². The third-order valence-corrected chi connectivity index (χ3v) is 9.52. The van der Waals surface area contributed by atoms with Crippen LogP contribution in [-0.4, -0.2) is 53.5 Å². The summed E-state index contributed by atoms with van der Waals surface area (Å²) in [5, 5.41) is 25.3. The Morgan fingerprint density at radius 1 is 1.06 bits per heavy atom. The molecule has 6 rings (SSSR count). The van der Waals surface area contributed by atoms with Crippen LogP contribution in [0.3, 0.4) is 0 Å². The van der Waals surface area contributed by atoms with Gasteiger partial charge in [-0.15, -0.1) is 22.7 Å². The summed E-state index contributed by atoms with van der Waals surface area (Å²) in [7, 11) is 0. The van der Waals surface area contributed by atoms with Gasteiger partial charge in [0.05, 0.1) is 42.5 Å². The van der Waals surface area contributed by atoms with Crippen LogP contribution in [0.25, 0.3) is 0 Å². The summed E-state index contributed by atoms with van der Waals surface area (Å²) in [5.41, 5.74) is -0.941. The van der Waals surface area contributed by atoms with Gasteiger partial charge in [-0.25, -0.2) is 4.79 Å². The van der Waals surface area contributed by atoms with Crippen molar-refractivity contribution in [3.05, 3.63) is 74.6 Å². The van der Waals surface area contributed by atoms with E-state index in [1.807, 2.05) is 41.1 Å². The van der Waals surface area contributed by atoms with E-state index in [4.69, 9.17) is 4.74 Å². The third-order valence-electron chi connectivity index (χ3n) is 7.50. The van der Waals surface area contributed by atoms with Gasteiger partial charge in [0, 0.05) is 25.2 Å². The molecule has 2 bridgehead atoms. The number of fused-ring (bicyclic) bond motifs is 3. The molecule has 2 aromatic heterocycles. The number of hydrogen-bond donors (Lipinski definition) is 2. The number of thiophene rings is 2. The first-order chi connectivity index (χ1) is 16.0. The standard InChI is InChI=1S/C26H29NO4S2.BrH/c28-25(29)26(30,23-8-4-16-32-23)24-21(11-17-33-24)22-18-27(13-9-19(22)10-14-27)12-5-15-31-20-6-2-1-3-7-20;/h1-4,6-8,11,16-17,19,22,30H,5,9-10,12-15,18H2;1H/t19?,22-,26?,27?;/m1./s1. The molecule has 5 heterocycles. The zero-order valence-electron chi connectivity index (χ0n) is 18.9. The van der Waals surface area contributed by atoms with Crippen LogP contribution in [0.15, 0.2) is 59.3 Å². The molecule has 3 saturated heterocycles. The average Bonchev–Trinajstić information content (AvgIpc) is 3.56. The van der Waals surface area contributed by atoms with Crippen LogP contribution in [0.4, 0.5) is 0 Å². The predicted molar refractivity (Wildman–Crippen MR) is 131 cm³/mol. The molecule has 1 aromatic carbocycles. The molecule has 3 aliphatic rings. The highest BCUT2D eigenvalue weighted by Crippen LogP contribution is 2.48. The van der Waals surface area contributed by atoms with Crippen LogP contribution < -0.4 is 21.7 Å². The number of aliphatic carboxylic acids is 1. The maximum Gasteiger partial charge on any atom is 0.347 e. The van der Waals surface area contributed by atoms with Gasteiger partial charge in [0.2, 0.25) is 5.60 Å². The Morgan fingerprint density at radius 2 is 1.82 bits per heavy atom. The first-order valence-corrected chi connectivity index (χ1v) is 13.4. The number of carboxylic acid groups (broad SMARTS) is 1. The molecule has 3 aliphatic heterocycles. The van der Waals surface area contributed by atoms with E-state index < -0.39 is 11.6 Å². The minimum atomic E-state index is -1.97. The van der Waals surface area contributed by atoms with Crippen molar-refractivity contribution < 1.29 is 41.2 Å². The van der Waals surface area contributed by atoms with Crippen LogP contribution in [0.1, 0.15) is 40.5 Å². The molecule has 0 radical (unpaired) electrons. The van der Waals surface area contributed by atoms with Gasteiger partial charge in [0.25, 0.3) is 0 Å². The van der Waals surface area contributed by atoms with Crippen LogP contribution in [0.2, 0.25) is 0 Å². The molecule has 34 heavy (non-hydrogen) atoms.